The zero-order valence-electron chi connectivity index (χ0n) is 20.9. The molecule has 11 nitrogen and oxygen atoms in total. The molecule has 37 heavy (non-hydrogen) atoms. The fraction of sp³-hybridized carbons (Fsp3) is 0.385. The molecule has 0 unspecified atom stereocenters. The van der Waals surface area contributed by atoms with Crippen LogP contribution in [0.4, 0.5) is 5.95 Å². The number of aromatic amines is 1. The van der Waals surface area contributed by atoms with E-state index in [0.29, 0.717) is 23.0 Å². The van der Waals surface area contributed by atoms with Gasteiger partial charge in [0.05, 0.1) is 18.6 Å². The Bertz CT molecular complexity index is 1310. The van der Waals surface area contributed by atoms with E-state index < -0.39 is 23.9 Å². The second-order valence-electron chi connectivity index (χ2n) is 8.34. The molecule has 4 N–H and O–H groups in total. The van der Waals surface area contributed by atoms with Crippen LogP contribution in [0.2, 0.25) is 0 Å². The number of fused-ring (bicyclic) bond motifs is 1. The molecule has 3 rings (SSSR count). The third-order valence-corrected chi connectivity index (χ3v) is 5.60. The van der Waals surface area contributed by atoms with Crippen LogP contribution in [0, 0.1) is 0 Å². The third-order valence-electron chi connectivity index (χ3n) is 5.60. The Balaban J connectivity index is 1.55. The Labute approximate surface area is 213 Å². The molecular formula is C26H31N5O6. The van der Waals surface area contributed by atoms with Crippen LogP contribution in [0.3, 0.4) is 0 Å². The van der Waals surface area contributed by atoms with Gasteiger partial charge >= 0.3 is 11.9 Å². The second-order valence-corrected chi connectivity index (χ2v) is 8.34. The number of hydrogen-bond donors (Lipinski definition) is 3. The molecule has 0 aliphatic heterocycles. The van der Waals surface area contributed by atoms with Gasteiger partial charge in [0.2, 0.25) is 5.95 Å². The van der Waals surface area contributed by atoms with Gasteiger partial charge in [-0.2, -0.15) is 4.98 Å². The van der Waals surface area contributed by atoms with Gasteiger partial charge in [-0.1, -0.05) is 12.1 Å². The Morgan fingerprint density at radius 1 is 1.05 bits per heavy atom. The van der Waals surface area contributed by atoms with Crippen molar-refractivity contribution in [2.45, 2.75) is 52.0 Å². The van der Waals surface area contributed by atoms with Gasteiger partial charge in [-0.15, -0.1) is 0 Å². The molecular weight excluding hydrogens is 478 g/mol. The minimum Gasteiger partial charge on any atom is -0.466 e. The zero-order chi connectivity index (χ0) is 26.8. The normalized spacial score (nSPS) is 11.6. The maximum absolute atomic E-state index is 12.7. The van der Waals surface area contributed by atoms with Crippen molar-refractivity contribution in [1.29, 1.82) is 0 Å². The quantitative estimate of drug-likeness (QED) is 0.310. The molecule has 0 saturated carbocycles. The van der Waals surface area contributed by atoms with Crippen molar-refractivity contribution in [1.82, 2.24) is 20.3 Å². The van der Waals surface area contributed by atoms with E-state index in [9.17, 15) is 19.2 Å². The van der Waals surface area contributed by atoms with Crippen LogP contribution in [0.15, 0.2) is 41.3 Å². The van der Waals surface area contributed by atoms with Crippen molar-refractivity contribution >= 4 is 34.8 Å². The number of nitrogens with one attached hydrogen (secondary N) is 2. The first-order chi connectivity index (χ1) is 17.8. The molecule has 0 radical (unpaired) electrons. The van der Waals surface area contributed by atoms with Gasteiger partial charge in [0, 0.05) is 18.2 Å². The molecule has 0 bridgehead atoms. The lowest BCUT2D eigenvalue weighted by atomic mass is 10.0. The van der Waals surface area contributed by atoms with Gasteiger partial charge in [-0.05, 0) is 68.9 Å². The number of esters is 2. The standard InChI is InChI=1S/C26H31N5O6/c1-3-36-21(32)13-12-20(25(35)37-4-2)29-23(33)18-10-8-16(9-11-18)6-5-7-17-14-19-22(28-15-17)30-26(27)31-24(19)34/h8-11,14-15,20H,3-7,12-13H2,1-2H3,(H,29,33)(H3,27,28,30,31,34)/t20-/m1/s1. The number of nitrogens with zero attached hydrogens (tertiary/aromatic N) is 2. The zero-order valence-corrected chi connectivity index (χ0v) is 20.9. The van der Waals surface area contributed by atoms with Crippen molar-refractivity contribution < 1.29 is 23.9 Å². The summed E-state index contributed by atoms with van der Waals surface area (Å²) in [5.41, 5.74) is 7.87. The fourth-order valence-electron chi connectivity index (χ4n) is 3.77. The fourth-order valence-corrected chi connectivity index (χ4v) is 3.77. The van der Waals surface area contributed by atoms with E-state index in [1.54, 1.807) is 38.2 Å². The summed E-state index contributed by atoms with van der Waals surface area (Å²) in [6.07, 6.45) is 4.02. The molecule has 1 amide bonds. The lowest BCUT2D eigenvalue weighted by molar-refractivity contribution is -0.146. The van der Waals surface area contributed by atoms with Crippen molar-refractivity contribution in [3.63, 3.8) is 0 Å². The largest absolute Gasteiger partial charge is 0.466 e. The number of nitrogen functional groups attached to an aromatic ring is 1. The molecule has 0 aliphatic rings. The monoisotopic (exact) mass is 509 g/mol. The number of anilines is 1. The van der Waals surface area contributed by atoms with E-state index in [4.69, 9.17) is 15.2 Å². The average Bonchev–Trinajstić information content (AvgIpc) is 2.87. The molecule has 1 aromatic carbocycles. The predicted molar refractivity (Wildman–Crippen MR) is 137 cm³/mol. The number of rotatable bonds is 12. The van der Waals surface area contributed by atoms with E-state index in [-0.39, 0.29) is 37.6 Å². The highest BCUT2D eigenvalue weighted by Crippen LogP contribution is 2.13. The molecule has 2 aromatic heterocycles. The van der Waals surface area contributed by atoms with Gasteiger partial charge in [0.1, 0.15) is 6.04 Å². The Morgan fingerprint density at radius 2 is 1.76 bits per heavy atom. The molecule has 0 fully saturated rings. The molecule has 2 heterocycles. The van der Waals surface area contributed by atoms with Gasteiger partial charge in [-0.25, -0.2) is 9.78 Å². The number of benzene rings is 1. The molecule has 1 atom stereocenters. The number of pyridine rings is 1. The average molecular weight is 510 g/mol. The summed E-state index contributed by atoms with van der Waals surface area (Å²) in [4.78, 5) is 59.4. The van der Waals surface area contributed by atoms with Crippen molar-refractivity contribution in [2.75, 3.05) is 18.9 Å². The van der Waals surface area contributed by atoms with Crippen LogP contribution < -0.4 is 16.6 Å². The number of hydrogen-bond acceptors (Lipinski definition) is 9. The van der Waals surface area contributed by atoms with E-state index in [1.165, 1.54) is 0 Å². The second kappa shape index (κ2) is 13.1. The van der Waals surface area contributed by atoms with Crippen LogP contribution in [0.1, 0.15) is 54.6 Å². The molecule has 0 spiro atoms. The van der Waals surface area contributed by atoms with E-state index in [2.05, 4.69) is 20.3 Å². The molecule has 3 aromatic rings. The Kier molecular flexibility index (Phi) is 9.70. The first kappa shape index (κ1) is 27.3. The summed E-state index contributed by atoms with van der Waals surface area (Å²) in [5.74, 6) is -1.44. The van der Waals surface area contributed by atoms with Crippen LogP contribution in [0.25, 0.3) is 11.0 Å². The van der Waals surface area contributed by atoms with Gasteiger partial charge in [0.25, 0.3) is 11.5 Å². The van der Waals surface area contributed by atoms with Gasteiger partial charge in [0.15, 0.2) is 5.65 Å². The predicted octanol–water partition coefficient (Wildman–Crippen LogP) is 2.08. The Hall–Kier alpha value is -4.28. The van der Waals surface area contributed by atoms with Crippen LogP contribution >= 0.6 is 0 Å². The lowest BCUT2D eigenvalue weighted by Gasteiger charge is -2.17. The molecule has 0 saturated heterocycles. The van der Waals surface area contributed by atoms with Crippen molar-refractivity contribution in [3.05, 3.63) is 63.6 Å². The lowest BCUT2D eigenvalue weighted by Crippen LogP contribution is -2.42. The third kappa shape index (κ3) is 7.86. The highest BCUT2D eigenvalue weighted by atomic mass is 16.5. The highest BCUT2D eigenvalue weighted by Gasteiger charge is 2.24. The number of aryl methyl sites for hydroxylation is 2. The Morgan fingerprint density at radius 3 is 2.46 bits per heavy atom. The topological polar surface area (TPSA) is 166 Å². The van der Waals surface area contributed by atoms with E-state index >= 15 is 0 Å². The number of aromatic nitrogens is 3. The minimum absolute atomic E-state index is 0.0117. The maximum Gasteiger partial charge on any atom is 0.328 e. The van der Waals surface area contributed by atoms with Crippen molar-refractivity contribution in [3.8, 4) is 0 Å². The van der Waals surface area contributed by atoms with E-state index in [1.807, 2.05) is 12.1 Å². The first-order valence-electron chi connectivity index (χ1n) is 12.2. The number of H-pyrrole nitrogens is 1. The molecule has 196 valence electrons. The summed E-state index contributed by atoms with van der Waals surface area (Å²) >= 11 is 0. The van der Waals surface area contributed by atoms with Crippen LogP contribution in [-0.4, -0.2) is 52.1 Å². The van der Waals surface area contributed by atoms with Gasteiger partial charge in [-0.3, -0.25) is 19.4 Å². The number of ether oxygens (including phenoxy) is 2. The summed E-state index contributed by atoms with van der Waals surface area (Å²) in [6, 6.07) is 7.89. The first-order valence-corrected chi connectivity index (χ1v) is 12.2. The smallest absolute Gasteiger partial charge is 0.328 e. The minimum atomic E-state index is -0.953. The SMILES string of the molecule is CCOC(=O)CC[C@@H](NC(=O)c1ccc(CCCc2cnc3nc(N)[nH]c(=O)c3c2)cc1)C(=O)OCC. The summed E-state index contributed by atoms with van der Waals surface area (Å²) in [7, 11) is 0. The number of carbonyl (C=O) groups excluding carboxylic acids is 3. The number of carbonyl (C=O) groups is 3. The summed E-state index contributed by atoms with van der Waals surface area (Å²) < 4.78 is 9.92. The molecule has 11 heteroatoms. The number of nitrogens with two attached hydrogens (primary N) is 1. The number of amides is 1. The van der Waals surface area contributed by atoms with E-state index in [0.717, 1.165) is 24.0 Å². The van der Waals surface area contributed by atoms with Gasteiger partial charge < -0.3 is 20.5 Å². The van der Waals surface area contributed by atoms with Crippen LogP contribution in [-0.2, 0) is 31.9 Å². The summed E-state index contributed by atoms with van der Waals surface area (Å²) in [5, 5.41) is 3.05. The maximum atomic E-state index is 12.7. The summed E-state index contributed by atoms with van der Waals surface area (Å²) in [6.45, 7) is 3.78. The van der Waals surface area contributed by atoms with Crippen molar-refractivity contribution in [2.24, 2.45) is 0 Å². The van der Waals surface area contributed by atoms with Crippen LogP contribution in [0.5, 0.6) is 0 Å². The molecule has 0 aliphatic carbocycles. The highest BCUT2D eigenvalue weighted by molar-refractivity contribution is 5.96.